The Kier molecular flexibility index (Phi) is 4.00. The van der Waals surface area contributed by atoms with Gasteiger partial charge in [-0.2, -0.15) is 0 Å². The number of carbonyl (C=O) groups is 1. The van der Waals surface area contributed by atoms with Gasteiger partial charge in [0.2, 0.25) is 5.91 Å². The first-order chi connectivity index (χ1) is 10.1. The van der Waals surface area contributed by atoms with Crippen LogP contribution < -0.4 is 0 Å². The van der Waals surface area contributed by atoms with E-state index in [0.717, 1.165) is 10.0 Å². The summed E-state index contributed by atoms with van der Waals surface area (Å²) in [5.41, 5.74) is 3.24. The second-order valence-electron chi connectivity index (χ2n) is 5.15. The zero-order chi connectivity index (χ0) is 15.0. The first-order valence-corrected chi connectivity index (χ1v) is 7.90. The first-order valence-electron chi connectivity index (χ1n) is 6.73. The van der Waals surface area contributed by atoms with E-state index < -0.39 is 0 Å². The summed E-state index contributed by atoms with van der Waals surface area (Å²) in [6, 6.07) is 8.29. The second-order valence-corrected chi connectivity index (χ2v) is 6.42. The lowest BCUT2D eigenvalue weighted by Crippen LogP contribution is -2.29. The highest BCUT2D eigenvalue weighted by molar-refractivity contribution is 9.10. The van der Waals surface area contributed by atoms with Gasteiger partial charge in [0.15, 0.2) is 0 Å². The maximum Gasteiger partial charge on any atom is 0.227 e. The molecule has 1 aromatic carbocycles. The topological polar surface area (TPSA) is 33.2 Å². The Balaban J connectivity index is 1.82. The van der Waals surface area contributed by atoms with E-state index >= 15 is 0 Å². The van der Waals surface area contributed by atoms with Gasteiger partial charge >= 0.3 is 0 Å². The third-order valence-corrected chi connectivity index (χ3v) is 4.92. The number of amides is 1. The van der Waals surface area contributed by atoms with E-state index in [1.165, 1.54) is 11.1 Å². The third-order valence-electron chi connectivity index (χ3n) is 3.91. The van der Waals surface area contributed by atoms with Crippen molar-refractivity contribution >= 4 is 33.4 Å². The summed E-state index contributed by atoms with van der Waals surface area (Å²) in [5.74, 6) is 0.0764. The predicted molar refractivity (Wildman–Crippen MR) is 86.1 cm³/mol. The second kappa shape index (κ2) is 5.78. The van der Waals surface area contributed by atoms with Gasteiger partial charge < -0.3 is 4.90 Å². The molecule has 0 spiro atoms. The summed E-state index contributed by atoms with van der Waals surface area (Å²) < 4.78 is 0.771. The average molecular weight is 366 g/mol. The number of rotatable bonds is 2. The van der Waals surface area contributed by atoms with Gasteiger partial charge in [0.25, 0.3) is 0 Å². The molecule has 0 fully saturated rings. The monoisotopic (exact) mass is 364 g/mol. The van der Waals surface area contributed by atoms with Crippen molar-refractivity contribution in [1.29, 1.82) is 0 Å². The maximum atomic E-state index is 12.6. The van der Waals surface area contributed by atoms with E-state index in [1.54, 1.807) is 12.4 Å². The Morgan fingerprint density at radius 1 is 1.43 bits per heavy atom. The SMILES string of the molecule is C[C@H]1c2ccccc2CN1C(=O)Cc1c(Cl)cncc1Br. The van der Waals surface area contributed by atoms with E-state index in [2.05, 4.69) is 40.0 Å². The summed E-state index contributed by atoms with van der Waals surface area (Å²) in [6.45, 7) is 2.73. The van der Waals surface area contributed by atoms with E-state index in [-0.39, 0.29) is 18.4 Å². The molecular weight excluding hydrogens is 352 g/mol. The molecule has 1 amide bonds. The van der Waals surface area contributed by atoms with Crippen molar-refractivity contribution in [2.24, 2.45) is 0 Å². The Hall–Kier alpha value is -1.39. The summed E-state index contributed by atoms with van der Waals surface area (Å²) in [4.78, 5) is 18.5. The van der Waals surface area contributed by atoms with E-state index in [4.69, 9.17) is 11.6 Å². The quantitative estimate of drug-likeness (QED) is 0.801. The molecule has 1 atom stereocenters. The molecular formula is C16H14BrClN2O. The fourth-order valence-corrected chi connectivity index (χ4v) is 3.55. The molecule has 1 aliphatic rings. The molecule has 0 saturated carbocycles. The molecule has 2 aromatic rings. The van der Waals surface area contributed by atoms with Gasteiger partial charge in [-0.3, -0.25) is 9.78 Å². The average Bonchev–Trinajstić information content (AvgIpc) is 2.81. The van der Waals surface area contributed by atoms with Gasteiger partial charge in [-0.1, -0.05) is 35.9 Å². The molecule has 108 valence electrons. The number of hydrogen-bond acceptors (Lipinski definition) is 2. The first kappa shape index (κ1) is 14.5. The number of fused-ring (bicyclic) bond motifs is 1. The largest absolute Gasteiger partial charge is 0.331 e. The highest BCUT2D eigenvalue weighted by atomic mass is 79.9. The van der Waals surface area contributed by atoms with Crippen LogP contribution in [0.1, 0.15) is 29.7 Å². The van der Waals surface area contributed by atoms with Crippen LogP contribution in [-0.4, -0.2) is 15.8 Å². The van der Waals surface area contributed by atoms with Crippen molar-refractivity contribution in [2.45, 2.75) is 25.9 Å². The Morgan fingerprint density at radius 2 is 2.19 bits per heavy atom. The lowest BCUT2D eigenvalue weighted by molar-refractivity contribution is -0.132. The number of carbonyl (C=O) groups excluding carboxylic acids is 1. The number of nitrogens with zero attached hydrogens (tertiary/aromatic N) is 2. The number of benzene rings is 1. The summed E-state index contributed by atoms with van der Waals surface area (Å²) in [7, 11) is 0. The van der Waals surface area contributed by atoms with Crippen LogP contribution in [-0.2, 0) is 17.8 Å². The van der Waals surface area contributed by atoms with Crippen LogP contribution in [0.2, 0.25) is 5.02 Å². The fourth-order valence-electron chi connectivity index (χ4n) is 2.74. The van der Waals surface area contributed by atoms with Crippen molar-refractivity contribution < 1.29 is 4.79 Å². The molecule has 21 heavy (non-hydrogen) atoms. The lowest BCUT2D eigenvalue weighted by Gasteiger charge is -2.22. The molecule has 0 N–H and O–H groups in total. The van der Waals surface area contributed by atoms with Gasteiger partial charge in [-0.15, -0.1) is 0 Å². The number of aromatic nitrogens is 1. The standard InChI is InChI=1S/C16H14BrClN2O/c1-10-12-5-3-2-4-11(12)9-20(10)16(21)6-13-14(17)7-19-8-15(13)18/h2-5,7-8,10H,6,9H2,1H3/t10-/m0/s1. The van der Waals surface area contributed by atoms with Crippen LogP contribution in [0.3, 0.4) is 0 Å². The molecule has 0 radical (unpaired) electrons. The van der Waals surface area contributed by atoms with Crippen LogP contribution in [0.25, 0.3) is 0 Å². The highest BCUT2D eigenvalue weighted by Gasteiger charge is 2.30. The minimum atomic E-state index is 0.0764. The maximum absolute atomic E-state index is 12.6. The summed E-state index contributed by atoms with van der Waals surface area (Å²) in [6.07, 6.45) is 3.51. The zero-order valence-electron chi connectivity index (χ0n) is 11.5. The van der Waals surface area contributed by atoms with Crippen molar-refractivity contribution in [2.75, 3.05) is 0 Å². The molecule has 5 heteroatoms. The Labute approximate surface area is 137 Å². The van der Waals surface area contributed by atoms with E-state index in [9.17, 15) is 4.79 Å². The smallest absolute Gasteiger partial charge is 0.227 e. The van der Waals surface area contributed by atoms with Gasteiger partial charge in [-0.25, -0.2) is 0 Å². The Morgan fingerprint density at radius 3 is 2.90 bits per heavy atom. The molecule has 3 rings (SSSR count). The highest BCUT2D eigenvalue weighted by Crippen LogP contribution is 2.34. The third kappa shape index (κ3) is 2.70. The minimum absolute atomic E-state index is 0.0764. The van der Waals surface area contributed by atoms with Crippen LogP contribution in [0.4, 0.5) is 0 Å². The molecule has 3 nitrogen and oxygen atoms in total. The molecule has 0 aliphatic carbocycles. The van der Waals surface area contributed by atoms with Gasteiger partial charge in [0.1, 0.15) is 0 Å². The van der Waals surface area contributed by atoms with Crippen molar-refractivity contribution in [3.05, 3.63) is 62.8 Å². The summed E-state index contributed by atoms with van der Waals surface area (Å²) >= 11 is 9.55. The van der Waals surface area contributed by atoms with Crippen LogP contribution in [0.15, 0.2) is 41.1 Å². The van der Waals surface area contributed by atoms with Crippen molar-refractivity contribution in [3.63, 3.8) is 0 Å². The van der Waals surface area contributed by atoms with Crippen LogP contribution in [0.5, 0.6) is 0 Å². The van der Waals surface area contributed by atoms with E-state index in [0.29, 0.717) is 11.6 Å². The zero-order valence-corrected chi connectivity index (χ0v) is 13.9. The molecule has 0 saturated heterocycles. The normalized spacial score (nSPS) is 16.9. The molecule has 0 unspecified atom stereocenters. The minimum Gasteiger partial charge on any atom is -0.331 e. The fraction of sp³-hybridized carbons (Fsp3) is 0.250. The van der Waals surface area contributed by atoms with Gasteiger partial charge in [0, 0.05) is 23.4 Å². The van der Waals surface area contributed by atoms with Gasteiger partial charge in [0.05, 0.1) is 17.5 Å². The molecule has 2 heterocycles. The van der Waals surface area contributed by atoms with E-state index in [1.807, 2.05) is 17.0 Å². The molecule has 0 bridgehead atoms. The van der Waals surface area contributed by atoms with Gasteiger partial charge in [-0.05, 0) is 39.5 Å². The molecule has 1 aliphatic heterocycles. The van der Waals surface area contributed by atoms with Crippen LogP contribution >= 0.6 is 27.5 Å². The molecule has 1 aromatic heterocycles. The lowest BCUT2D eigenvalue weighted by atomic mass is 10.1. The summed E-state index contributed by atoms with van der Waals surface area (Å²) in [5, 5.41) is 0.516. The number of pyridine rings is 1. The Bertz CT molecular complexity index is 684. The van der Waals surface area contributed by atoms with Crippen LogP contribution in [0, 0.1) is 0 Å². The number of halogens is 2. The number of hydrogen-bond donors (Lipinski definition) is 0. The van der Waals surface area contributed by atoms with Crippen molar-refractivity contribution in [1.82, 2.24) is 9.88 Å². The predicted octanol–water partition coefficient (Wildman–Crippen LogP) is 4.14. The van der Waals surface area contributed by atoms with Crippen molar-refractivity contribution in [3.8, 4) is 0 Å².